The van der Waals surface area contributed by atoms with Crippen LogP contribution in [0.2, 0.25) is 0 Å². The van der Waals surface area contributed by atoms with Crippen LogP contribution in [0.5, 0.6) is 23.0 Å². The lowest BCUT2D eigenvalue weighted by Gasteiger charge is -2.18. The number of esters is 2. The maximum absolute atomic E-state index is 12.5. The highest BCUT2D eigenvalue weighted by molar-refractivity contribution is 9.10. The first-order chi connectivity index (χ1) is 27.3. The Kier molecular flexibility index (Phi) is 12.4. The molecule has 6 aromatic rings. The molecule has 0 unspecified atom stereocenters. The third-order valence-electron chi connectivity index (χ3n) is 9.55. The predicted molar refractivity (Wildman–Crippen MR) is 219 cm³/mol. The lowest BCUT2D eigenvalue weighted by atomic mass is 9.91. The number of carbonyl (C=O) groups is 2. The monoisotopic (exact) mass is 876 g/mol. The SMILES string of the molecule is COC(=O)[C@@H]1c2cc(Br)ccc2O[C@@H]1c1ccc(OCc2ccccc2)cc1.COC(=O)[C@H]1c2cc(Br)ccc2O[C@@H]1c1ccc(OCc2ccccc2)cc1. The molecule has 0 bridgehead atoms. The van der Waals surface area contributed by atoms with Gasteiger partial charge in [0.1, 0.15) is 60.3 Å². The van der Waals surface area contributed by atoms with Gasteiger partial charge in [-0.15, -0.1) is 0 Å². The number of halogens is 2. The third-order valence-corrected chi connectivity index (χ3v) is 10.5. The van der Waals surface area contributed by atoms with E-state index in [0.29, 0.717) is 24.7 Å². The normalized spacial score (nSPS) is 17.5. The van der Waals surface area contributed by atoms with Gasteiger partial charge in [-0.3, -0.25) is 9.59 Å². The Morgan fingerprint density at radius 1 is 0.518 bits per heavy atom. The zero-order chi connectivity index (χ0) is 39.0. The summed E-state index contributed by atoms with van der Waals surface area (Å²) in [5.41, 5.74) is 5.67. The molecule has 8 rings (SSSR count). The number of hydrogen-bond donors (Lipinski definition) is 0. The Bertz CT molecular complexity index is 2100. The molecule has 2 aliphatic rings. The molecule has 2 aliphatic heterocycles. The van der Waals surface area contributed by atoms with E-state index in [4.69, 9.17) is 28.4 Å². The van der Waals surface area contributed by atoms with Crippen molar-refractivity contribution in [3.05, 3.63) is 188 Å². The largest absolute Gasteiger partial charge is 0.489 e. The summed E-state index contributed by atoms with van der Waals surface area (Å²) < 4.78 is 35.7. The molecule has 0 aromatic heterocycles. The van der Waals surface area contributed by atoms with Gasteiger partial charge in [-0.25, -0.2) is 0 Å². The van der Waals surface area contributed by atoms with Crippen molar-refractivity contribution in [1.82, 2.24) is 0 Å². The van der Waals surface area contributed by atoms with Gasteiger partial charge in [0.05, 0.1) is 14.2 Å². The van der Waals surface area contributed by atoms with Gasteiger partial charge in [-0.05, 0) is 82.9 Å². The first-order valence-corrected chi connectivity index (χ1v) is 19.5. The number of rotatable bonds is 10. The van der Waals surface area contributed by atoms with E-state index in [9.17, 15) is 9.59 Å². The molecule has 2 heterocycles. The summed E-state index contributed by atoms with van der Waals surface area (Å²) in [7, 11) is 2.80. The van der Waals surface area contributed by atoms with E-state index in [1.54, 1.807) is 0 Å². The zero-order valence-corrected chi connectivity index (χ0v) is 33.8. The molecule has 56 heavy (non-hydrogen) atoms. The van der Waals surface area contributed by atoms with Crippen molar-refractivity contribution < 1.29 is 38.0 Å². The molecular weight excluding hydrogens is 840 g/mol. The van der Waals surface area contributed by atoms with Crippen LogP contribution >= 0.6 is 31.9 Å². The van der Waals surface area contributed by atoms with Crippen LogP contribution in [-0.4, -0.2) is 26.2 Å². The highest BCUT2D eigenvalue weighted by Gasteiger charge is 2.42. The Morgan fingerprint density at radius 2 is 0.893 bits per heavy atom. The first kappa shape index (κ1) is 38.7. The number of fused-ring (bicyclic) bond motifs is 2. The van der Waals surface area contributed by atoms with Crippen molar-refractivity contribution in [2.75, 3.05) is 14.2 Å². The second-order valence-corrected chi connectivity index (χ2v) is 15.0. The average molecular weight is 879 g/mol. The molecule has 0 fully saturated rings. The Hall–Kier alpha value is -5.58. The molecule has 0 saturated heterocycles. The van der Waals surface area contributed by atoms with Gasteiger partial charge >= 0.3 is 11.9 Å². The minimum Gasteiger partial charge on any atom is -0.489 e. The molecule has 0 radical (unpaired) electrons. The average Bonchev–Trinajstić information content (AvgIpc) is 3.81. The second kappa shape index (κ2) is 17.9. The van der Waals surface area contributed by atoms with Crippen molar-refractivity contribution in [2.24, 2.45) is 0 Å². The van der Waals surface area contributed by atoms with Crippen molar-refractivity contribution in [3.8, 4) is 23.0 Å². The minimum atomic E-state index is -0.506. The summed E-state index contributed by atoms with van der Waals surface area (Å²) in [6.07, 6.45) is -0.861. The maximum atomic E-state index is 12.5. The van der Waals surface area contributed by atoms with Crippen LogP contribution in [0.15, 0.2) is 155 Å². The van der Waals surface area contributed by atoms with E-state index in [1.807, 2.05) is 146 Å². The fraction of sp³-hybridized carbons (Fsp3) is 0.174. The van der Waals surface area contributed by atoms with Crippen molar-refractivity contribution in [3.63, 3.8) is 0 Å². The molecule has 284 valence electrons. The van der Waals surface area contributed by atoms with Gasteiger partial charge < -0.3 is 28.4 Å². The van der Waals surface area contributed by atoms with E-state index in [0.717, 1.165) is 53.8 Å². The molecule has 8 nitrogen and oxygen atoms in total. The summed E-state index contributed by atoms with van der Waals surface area (Å²) >= 11 is 6.92. The van der Waals surface area contributed by atoms with Crippen molar-refractivity contribution in [2.45, 2.75) is 37.3 Å². The van der Waals surface area contributed by atoms with Crippen LogP contribution in [0, 0.1) is 0 Å². The van der Waals surface area contributed by atoms with Crippen LogP contribution in [0.4, 0.5) is 0 Å². The Balaban J connectivity index is 0.000000172. The van der Waals surface area contributed by atoms with Gasteiger partial charge in [0, 0.05) is 20.1 Å². The standard InChI is InChI=1S/2C23H19BrO4/c2*1-26-23(25)21-19-13-17(24)9-12-20(19)28-22(21)16-7-10-18(11-8-16)27-14-15-5-3-2-4-6-15/h2*2-13,21-22H,14H2,1H3/t21-,22+;21-,22-/m01/s1. The van der Waals surface area contributed by atoms with E-state index in [2.05, 4.69) is 31.9 Å². The van der Waals surface area contributed by atoms with Gasteiger partial charge in [0.25, 0.3) is 0 Å². The van der Waals surface area contributed by atoms with Gasteiger partial charge in [0.15, 0.2) is 0 Å². The summed E-state index contributed by atoms with van der Waals surface area (Å²) in [6.45, 7) is 1.01. The highest BCUT2D eigenvalue weighted by atomic mass is 79.9. The fourth-order valence-corrected chi connectivity index (χ4v) is 7.50. The molecule has 0 amide bonds. The number of benzene rings is 6. The van der Waals surface area contributed by atoms with Crippen molar-refractivity contribution in [1.29, 1.82) is 0 Å². The summed E-state index contributed by atoms with van der Waals surface area (Å²) in [5, 5.41) is 0. The molecule has 0 aliphatic carbocycles. The second-order valence-electron chi connectivity index (χ2n) is 13.1. The number of methoxy groups -OCH3 is 2. The molecule has 0 N–H and O–H groups in total. The Labute approximate surface area is 342 Å². The van der Waals surface area contributed by atoms with E-state index in [1.165, 1.54) is 14.2 Å². The van der Waals surface area contributed by atoms with Crippen LogP contribution in [-0.2, 0) is 32.3 Å². The topological polar surface area (TPSA) is 89.5 Å². The molecular formula is C46H38Br2O8. The summed E-state index contributed by atoms with van der Waals surface area (Å²) in [6, 6.07) is 46.7. The molecule has 10 heteroatoms. The van der Waals surface area contributed by atoms with Gasteiger partial charge in [-0.1, -0.05) is 117 Å². The number of ether oxygens (including phenoxy) is 6. The van der Waals surface area contributed by atoms with Gasteiger partial charge in [0.2, 0.25) is 0 Å². The first-order valence-electron chi connectivity index (χ1n) is 17.9. The minimum absolute atomic E-state index is 0.314. The van der Waals surface area contributed by atoms with Crippen molar-refractivity contribution >= 4 is 43.8 Å². The van der Waals surface area contributed by atoms with Crippen LogP contribution in [0.3, 0.4) is 0 Å². The highest BCUT2D eigenvalue weighted by Crippen LogP contribution is 2.49. The maximum Gasteiger partial charge on any atom is 0.317 e. The lowest BCUT2D eigenvalue weighted by Crippen LogP contribution is -2.20. The van der Waals surface area contributed by atoms with Crippen LogP contribution in [0.25, 0.3) is 0 Å². The fourth-order valence-electron chi connectivity index (χ4n) is 6.74. The Morgan fingerprint density at radius 3 is 1.25 bits per heavy atom. The van der Waals surface area contributed by atoms with E-state index < -0.39 is 24.0 Å². The van der Waals surface area contributed by atoms with E-state index in [-0.39, 0.29) is 11.9 Å². The molecule has 6 aromatic carbocycles. The quantitative estimate of drug-likeness (QED) is 0.126. The van der Waals surface area contributed by atoms with E-state index >= 15 is 0 Å². The van der Waals surface area contributed by atoms with Crippen LogP contribution < -0.4 is 18.9 Å². The summed E-state index contributed by atoms with van der Waals surface area (Å²) in [4.78, 5) is 24.9. The number of hydrogen-bond acceptors (Lipinski definition) is 8. The van der Waals surface area contributed by atoms with Gasteiger partial charge in [-0.2, -0.15) is 0 Å². The molecule has 0 spiro atoms. The third kappa shape index (κ3) is 8.93. The molecule has 0 saturated carbocycles. The number of carbonyl (C=O) groups excluding carboxylic acids is 2. The smallest absolute Gasteiger partial charge is 0.317 e. The zero-order valence-electron chi connectivity index (χ0n) is 30.6. The molecule has 4 atom stereocenters. The predicted octanol–water partition coefficient (Wildman–Crippen LogP) is 10.8. The summed E-state index contributed by atoms with van der Waals surface area (Å²) in [5.74, 6) is 1.29. The van der Waals surface area contributed by atoms with Crippen LogP contribution in [0.1, 0.15) is 57.4 Å². The lowest BCUT2D eigenvalue weighted by molar-refractivity contribution is -0.145.